The van der Waals surface area contributed by atoms with Crippen molar-refractivity contribution in [2.24, 2.45) is 0 Å². The van der Waals surface area contributed by atoms with Gasteiger partial charge in [0.25, 0.3) is 11.8 Å². The van der Waals surface area contributed by atoms with Gasteiger partial charge in [-0.3, -0.25) is 19.3 Å². The number of carbonyl (C=O) groups excluding carboxylic acids is 1. The maximum atomic E-state index is 14.0. The highest BCUT2D eigenvalue weighted by Crippen LogP contribution is 2.48. The van der Waals surface area contributed by atoms with Crippen LogP contribution in [0.25, 0.3) is 33.7 Å². The van der Waals surface area contributed by atoms with Crippen LogP contribution in [0.15, 0.2) is 79.2 Å². The lowest BCUT2D eigenvalue weighted by Gasteiger charge is -2.17. The summed E-state index contributed by atoms with van der Waals surface area (Å²) in [7, 11) is 0. The number of pyridine rings is 2. The summed E-state index contributed by atoms with van der Waals surface area (Å²) in [6.07, 6.45) is 3.55. The second-order valence-electron chi connectivity index (χ2n) is 11.4. The van der Waals surface area contributed by atoms with E-state index in [0.717, 1.165) is 24.6 Å². The first-order valence-corrected chi connectivity index (χ1v) is 14.8. The standard InChI is InChI=1S/C33H24F2N6O5/c34-19-7-3-17(4-8-19)5-11-22-27(30-38-39-32(43)46-30)26(28-29(37-22)24-2-1-13-40(24)31(28)42)18-6-12-23-25(14-18)45-33(44)41(23)16-21-10-9-20(35)15-36-21/h3-4,6-10,12,14-15,24H,1-2,5,11,13,16H2,(H,39,43)/t24-/m1/s1. The van der Waals surface area contributed by atoms with E-state index in [1.807, 2.05) is 0 Å². The van der Waals surface area contributed by atoms with Gasteiger partial charge in [0.2, 0.25) is 0 Å². The highest BCUT2D eigenvalue weighted by atomic mass is 19.1. The van der Waals surface area contributed by atoms with E-state index in [4.69, 9.17) is 13.8 Å². The average Bonchev–Trinajstić information content (AvgIpc) is 3.83. The van der Waals surface area contributed by atoms with E-state index in [2.05, 4.69) is 15.2 Å². The van der Waals surface area contributed by atoms with Crippen molar-refractivity contribution in [3.63, 3.8) is 0 Å². The summed E-state index contributed by atoms with van der Waals surface area (Å²) in [5.41, 5.74) is 5.00. The van der Waals surface area contributed by atoms with Crippen LogP contribution in [0.4, 0.5) is 8.78 Å². The van der Waals surface area contributed by atoms with E-state index in [0.29, 0.717) is 64.2 Å². The molecule has 1 saturated heterocycles. The maximum Gasteiger partial charge on any atom is 0.434 e. The number of nitrogens with one attached hydrogen (secondary N) is 1. The molecule has 6 heterocycles. The molecule has 0 bridgehead atoms. The smallest absolute Gasteiger partial charge is 0.408 e. The minimum Gasteiger partial charge on any atom is -0.408 e. The lowest BCUT2D eigenvalue weighted by atomic mass is 9.89. The Morgan fingerprint density at radius 2 is 1.74 bits per heavy atom. The van der Waals surface area contributed by atoms with E-state index in [9.17, 15) is 23.2 Å². The predicted molar refractivity (Wildman–Crippen MR) is 160 cm³/mol. The average molecular weight is 623 g/mol. The minimum absolute atomic E-state index is 0.0363. The third-order valence-corrected chi connectivity index (χ3v) is 8.62. The Morgan fingerprint density at radius 1 is 0.913 bits per heavy atom. The van der Waals surface area contributed by atoms with Crippen molar-refractivity contribution in [1.82, 2.24) is 29.6 Å². The topological polar surface area (TPSA) is 140 Å². The highest BCUT2D eigenvalue weighted by molar-refractivity contribution is 6.08. The molecule has 1 amide bonds. The number of aromatic amines is 1. The second kappa shape index (κ2) is 10.7. The van der Waals surface area contributed by atoms with Crippen LogP contribution in [0.2, 0.25) is 0 Å². The Labute approximate surface area is 258 Å². The molecular weight excluding hydrogens is 598 g/mol. The summed E-state index contributed by atoms with van der Waals surface area (Å²) < 4.78 is 39.5. The van der Waals surface area contributed by atoms with Gasteiger partial charge in [-0.15, -0.1) is 5.10 Å². The normalized spacial score (nSPS) is 15.6. The number of fused-ring (bicyclic) bond motifs is 4. The van der Waals surface area contributed by atoms with Crippen LogP contribution in [-0.2, 0) is 19.4 Å². The Balaban J connectivity index is 1.32. The van der Waals surface area contributed by atoms with E-state index in [1.54, 1.807) is 35.2 Å². The largest absolute Gasteiger partial charge is 0.434 e. The summed E-state index contributed by atoms with van der Waals surface area (Å²) in [5, 5.41) is 6.44. The van der Waals surface area contributed by atoms with E-state index in [-0.39, 0.29) is 35.8 Å². The van der Waals surface area contributed by atoms with Gasteiger partial charge in [-0.05, 0) is 73.2 Å². The number of amides is 1. The van der Waals surface area contributed by atoms with Crippen LogP contribution >= 0.6 is 0 Å². The van der Waals surface area contributed by atoms with Crippen molar-refractivity contribution in [3.8, 4) is 22.6 Å². The van der Waals surface area contributed by atoms with Crippen molar-refractivity contribution in [1.29, 1.82) is 0 Å². The second-order valence-corrected chi connectivity index (χ2v) is 11.4. The van der Waals surface area contributed by atoms with E-state index in [1.165, 1.54) is 28.8 Å². The number of hydrogen-bond acceptors (Lipinski definition) is 8. The van der Waals surface area contributed by atoms with Crippen molar-refractivity contribution in [2.45, 2.75) is 38.3 Å². The first kappa shape index (κ1) is 27.8. The SMILES string of the molecule is O=C1c2c(nc(CCc3ccc(F)cc3)c(-c3n[nH]c(=O)o3)c2-c2ccc3c(c2)oc(=O)n3Cc2ccc(F)cn2)[C@H]2CCCN12. The van der Waals surface area contributed by atoms with Gasteiger partial charge in [-0.1, -0.05) is 18.2 Å². The molecule has 1 atom stereocenters. The fraction of sp³-hybridized carbons (Fsp3) is 0.212. The van der Waals surface area contributed by atoms with Crippen molar-refractivity contribution < 1.29 is 22.4 Å². The molecule has 0 saturated carbocycles. The third-order valence-electron chi connectivity index (χ3n) is 8.62. The number of oxazole rings is 1. The number of H-pyrrole nitrogens is 1. The molecule has 6 aromatic rings. The molecular formula is C33H24F2N6O5. The van der Waals surface area contributed by atoms with Crippen LogP contribution in [0.5, 0.6) is 0 Å². The van der Waals surface area contributed by atoms with Crippen LogP contribution in [0.1, 0.15) is 51.9 Å². The van der Waals surface area contributed by atoms with Crippen LogP contribution in [0.3, 0.4) is 0 Å². The first-order chi connectivity index (χ1) is 22.3. The van der Waals surface area contributed by atoms with Crippen LogP contribution in [0, 0.1) is 11.6 Å². The van der Waals surface area contributed by atoms with Crippen molar-refractivity contribution >= 4 is 17.0 Å². The zero-order chi connectivity index (χ0) is 31.5. The Hall–Kier alpha value is -5.72. The van der Waals surface area contributed by atoms with Crippen LogP contribution < -0.4 is 11.5 Å². The van der Waals surface area contributed by atoms with Crippen molar-refractivity contribution in [3.05, 3.63) is 122 Å². The summed E-state index contributed by atoms with van der Waals surface area (Å²) in [5.74, 6) is -2.46. The molecule has 11 nitrogen and oxygen atoms in total. The molecule has 46 heavy (non-hydrogen) atoms. The highest BCUT2D eigenvalue weighted by Gasteiger charge is 2.44. The predicted octanol–water partition coefficient (Wildman–Crippen LogP) is 4.80. The molecule has 8 rings (SSSR count). The molecule has 0 unspecified atom stereocenters. The molecule has 0 aliphatic carbocycles. The van der Waals surface area contributed by atoms with Crippen LogP contribution in [-0.4, -0.2) is 42.1 Å². The number of carbonyl (C=O) groups is 1. The fourth-order valence-electron chi connectivity index (χ4n) is 6.53. The molecule has 2 aliphatic heterocycles. The molecule has 0 radical (unpaired) electrons. The number of halogens is 2. The Bertz CT molecular complexity index is 2270. The quantitative estimate of drug-likeness (QED) is 0.268. The molecule has 1 fully saturated rings. The van der Waals surface area contributed by atoms with Gasteiger partial charge in [-0.2, -0.15) is 0 Å². The van der Waals surface area contributed by atoms with Gasteiger partial charge in [0.05, 0.1) is 52.5 Å². The van der Waals surface area contributed by atoms with Gasteiger partial charge in [-0.25, -0.2) is 23.5 Å². The molecule has 230 valence electrons. The zero-order valence-electron chi connectivity index (χ0n) is 24.1. The summed E-state index contributed by atoms with van der Waals surface area (Å²) in [4.78, 5) is 50.0. The third kappa shape index (κ3) is 4.62. The van der Waals surface area contributed by atoms with Gasteiger partial charge < -0.3 is 13.7 Å². The molecule has 13 heteroatoms. The first-order valence-electron chi connectivity index (χ1n) is 14.8. The van der Waals surface area contributed by atoms with E-state index < -0.39 is 17.3 Å². The fourth-order valence-corrected chi connectivity index (χ4v) is 6.53. The van der Waals surface area contributed by atoms with Gasteiger partial charge in [0.1, 0.15) is 11.6 Å². The molecule has 1 N–H and O–H groups in total. The maximum absolute atomic E-state index is 14.0. The number of hydrogen-bond donors (Lipinski definition) is 1. The zero-order valence-corrected chi connectivity index (χ0v) is 24.1. The summed E-state index contributed by atoms with van der Waals surface area (Å²) in [6.45, 7) is 0.646. The number of benzene rings is 2. The molecule has 4 aromatic heterocycles. The number of aryl methyl sites for hydroxylation is 2. The van der Waals surface area contributed by atoms with Gasteiger partial charge in [0, 0.05) is 12.1 Å². The van der Waals surface area contributed by atoms with Crippen molar-refractivity contribution in [2.75, 3.05) is 6.54 Å². The lowest BCUT2D eigenvalue weighted by molar-refractivity contribution is 0.0776. The Kier molecular flexibility index (Phi) is 6.48. The summed E-state index contributed by atoms with van der Waals surface area (Å²) >= 11 is 0. The Morgan fingerprint density at radius 3 is 2.50 bits per heavy atom. The van der Waals surface area contributed by atoms with E-state index >= 15 is 0 Å². The number of rotatable bonds is 7. The minimum atomic E-state index is -0.772. The van der Waals surface area contributed by atoms with Gasteiger partial charge in [0.15, 0.2) is 5.58 Å². The van der Waals surface area contributed by atoms with Gasteiger partial charge >= 0.3 is 11.5 Å². The molecule has 2 aliphatic rings. The molecule has 2 aromatic carbocycles. The lowest BCUT2D eigenvalue weighted by Crippen LogP contribution is -2.23. The monoisotopic (exact) mass is 622 g/mol. The number of nitrogens with zero attached hydrogens (tertiary/aromatic N) is 5. The number of aromatic nitrogens is 5. The summed E-state index contributed by atoms with van der Waals surface area (Å²) in [6, 6.07) is 13.9. The molecule has 0 spiro atoms.